The van der Waals surface area contributed by atoms with Crippen molar-refractivity contribution in [1.29, 1.82) is 0 Å². The number of halogens is 1. The first-order valence-corrected chi connectivity index (χ1v) is 9.60. The third-order valence-electron chi connectivity index (χ3n) is 3.80. The lowest BCUT2D eigenvalue weighted by Gasteiger charge is -2.25. The summed E-state index contributed by atoms with van der Waals surface area (Å²) in [6.45, 7) is 4.79. The van der Waals surface area contributed by atoms with Crippen LogP contribution in [0.5, 0.6) is 11.5 Å². The molecule has 1 aromatic rings. The maximum Gasteiger partial charge on any atom is 0.344 e. The predicted molar refractivity (Wildman–Crippen MR) is 106 cm³/mol. The molecule has 28 heavy (non-hydrogen) atoms. The van der Waals surface area contributed by atoms with Gasteiger partial charge >= 0.3 is 5.97 Å². The van der Waals surface area contributed by atoms with Gasteiger partial charge in [-0.25, -0.2) is 10.2 Å². The minimum atomic E-state index is -0.464. The molecule has 1 aliphatic rings. The number of morpholine rings is 1. The van der Waals surface area contributed by atoms with Gasteiger partial charge in [-0.2, -0.15) is 5.10 Å². The number of nitrogens with one attached hydrogen (secondary N) is 1. The Morgan fingerprint density at radius 1 is 1.32 bits per heavy atom. The van der Waals surface area contributed by atoms with Crippen LogP contribution < -0.4 is 14.9 Å². The number of hydrogen-bond donors (Lipinski definition) is 1. The first kappa shape index (κ1) is 22.1. The summed E-state index contributed by atoms with van der Waals surface area (Å²) < 4.78 is 21.5. The molecule has 0 unspecified atom stereocenters. The van der Waals surface area contributed by atoms with Gasteiger partial charge in [0.25, 0.3) is 5.91 Å². The minimum Gasteiger partial charge on any atom is -0.493 e. The molecule has 1 fully saturated rings. The molecule has 2 rings (SSSR count). The second-order valence-corrected chi connectivity index (χ2v) is 6.65. The quantitative estimate of drug-likeness (QED) is 0.337. The highest BCUT2D eigenvalue weighted by Gasteiger charge is 2.14. The van der Waals surface area contributed by atoms with Crippen molar-refractivity contribution in [2.45, 2.75) is 6.92 Å². The zero-order valence-corrected chi connectivity index (χ0v) is 17.5. The summed E-state index contributed by atoms with van der Waals surface area (Å²) in [5.74, 6) is 0.148. The molecule has 0 atom stereocenters. The van der Waals surface area contributed by atoms with E-state index >= 15 is 0 Å². The van der Waals surface area contributed by atoms with E-state index in [2.05, 4.69) is 26.5 Å². The second-order valence-electron chi connectivity index (χ2n) is 5.80. The molecular weight excluding hydrogens is 434 g/mol. The van der Waals surface area contributed by atoms with Gasteiger partial charge in [0.15, 0.2) is 18.1 Å². The number of methoxy groups -OCH3 is 1. The molecule has 0 radical (unpaired) electrons. The Labute approximate surface area is 172 Å². The number of benzene rings is 1. The van der Waals surface area contributed by atoms with Crippen molar-refractivity contribution in [3.63, 3.8) is 0 Å². The Morgan fingerprint density at radius 3 is 2.75 bits per heavy atom. The molecule has 0 aliphatic carbocycles. The maximum absolute atomic E-state index is 12.0. The van der Waals surface area contributed by atoms with Gasteiger partial charge in [0.2, 0.25) is 0 Å². The van der Waals surface area contributed by atoms with Crippen LogP contribution in [0, 0.1) is 0 Å². The molecular formula is C18H24BrN3O6. The van der Waals surface area contributed by atoms with Crippen LogP contribution in [-0.2, 0) is 19.1 Å². The Morgan fingerprint density at radius 2 is 2.07 bits per heavy atom. The third kappa shape index (κ3) is 7.10. The van der Waals surface area contributed by atoms with Crippen molar-refractivity contribution < 1.29 is 28.5 Å². The zero-order valence-electron chi connectivity index (χ0n) is 15.9. The first-order chi connectivity index (χ1) is 13.5. The van der Waals surface area contributed by atoms with E-state index in [1.54, 1.807) is 19.1 Å². The molecule has 1 aliphatic heterocycles. The van der Waals surface area contributed by atoms with E-state index in [1.165, 1.54) is 13.3 Å². The Kier molecular flexibility index (Phi) is 9.18. The van der Waals surface area contributed by atoms with Gasteiger partial charge in [-0.1, -0.05) is 0 Å². The summed E-state index contributed by atoms with van der Waals surface area (Å²) in [6.07, 6.45) is 1.50. The Hall–Kier alpha value is -2.17. The monoisotopic (exact) mass is 457 g/mol. The van der Waals surface area contributed by atoms with Crippen LogP contribution in [0.25, 0.3) is 0 Å². The lowest BCUT2D eigenvalue weighted by Crippen LogP contribution is -2.42. The van der Waals surface area contributed by atoms with Crippen LogP contribution >= 0.6 is 15.9 Å². The highest BCUT2D eigenvalue weighted by atomic mass is 79.9. The van der Waals surface area contributed by atoms with E-state index in [0.717, 1.165) is 13.1 Å². The van der Waals surface area contributed by atoms with Crippen molar-refractivity contribution in [2.24, 2.45) is 5.10 Å². The summed E-state index contributed by atoms with van der Waals surface area (Å²) in [6, 6.07) is 3.34. The summed E-state index contributed by atoms with van der Waals surface area (Å²) in [5, 5.41) is 3.99. The van der Waals surface area contributed by atoms with E-state index in [1.807, 2.05) is 4.90 Å². The minimum absolute atomic E-state index is 0.198. The molecule has 1 amide bonds. The molecule has 1 aromatic carbocycles. The maximum atomic E-state index is 12.0. The SMILES string of the molecule is CCOC(=O)COc1cc(Br)c(C=NNC(=O)CN2CCOCC2)cc1OC. The van der Waals surface area contributed by atoms with Crippen molar-refractivity contribution >= 4 is 34.0 Å². The molecule has 0 bridgehead atoms. The fourth-order valence-corrected chi connectivity index (χ4v) is 2.86. The Balaban J connectivity index is 1.94. The van der Waals surface area contributed by atoms with Gasteiger partial charge < -0.3 is 18.9 Å². The van der Waals surface area contributed by atoms with Crippen molar-refractivity contribution in [1.82, 2.24) is 10.3 Å². The number of hydrazone groups is 1. The fourth-order valence-electron chi connectivity index (χ4n) is 2.43. The van der Waals surface area contributed by atoms with Gasteiger partial charge in [0.1, 0.15) is 0 Å². The van der Waals surface area contributed by atoms with Crippen LogP contribution in [0.15, 0.2) is 21.7 Å². The molecule has 1 N–H and O–H groups in total. The van der Waals surface area contributed by atoms with Crippen LogP contribution in [0.3, 0.4) is 0 Å². The number of carbonyl (C=O) groups is 2. The molecule has 154 valence electrons. The van der Waals surface area contributed by atoms with E-state index in [0.29, 0.717) is 34.7 Å². The molecule has 0 saturated carbocycles. The number of rotatable bonds is 9. The average Bonchev–Trinajstić information content (AvgIpc) is 2.68. The van der Waals surface area contributed by atoms with Crippen LogP contribution in [0.1, 0.15) is 12.5 Å². The third-order valence-corrected chi connectivity index (χ3v) is 4.48. The fraction of sp³-hybridized carbons (Fsp3) is 0.500. The van der Waals surface area contributed by atoms with E-state index < -0.39 is 5.97 Å². The van der Waals surface area contributed by atoms with Gasteiger partial charge in [0.05, 0.1) is 39.7 Å². The predicted octanol–water partition coefficient (Wildman–Crippen LogP) is 1.18. The van der Waals surface area contributed by atoms with E-state index in [-0.39, 0.29) is 25.7 Å². The van der Waals surface area contributed by atoms with Gasteiger partial charge in [-0.15, -0.1) is 0 Å². The molecule has 1 heterocycles. The van der Waals surface area contributed by atoms with E-state index in [4.69, 9.17) is 18.9 Å². The van der Waals surface area contributed by atoms with Crippen LogP contribution in [-0.4, -0.2) is 76.2 Å². The normalized spacial score (nSPS) is 14.7. The molecule has 10 heteroatoms. The molecule has 9 nitrogen and oxygen atoms in total. The van der Waals surface area contributed by atoms with Crippen molar-refractivity contribution in [2.75, 3.05) is 53.2 Å². The number of ether oxygens (including phenoxy) is 4. The van der Waals surface area contributed by atoms with Gasteiger partial charge in [-0.05, 0) is 35.0 Å². The highest BCUT2D eigenvalue weighted by molar-refractivity contribution is 9.10. The van der Waals surface area contributed by atoms with Crippen molar-refractivity contribution in [3.05, 3.63) is 22.2 Å². The topological polar surface area (TPSA) is 98.7 Å². The van der Waals surface area contributed by atoms with E-state index in [9.17, 15) is 9.59 Å². The van der Waals surface area contributed by atoms with Crippen LogP contribution in [0.4, 0.5) is 0 Å². The highest BCUT2D eigenvalue weighted by Crippen LogP contribution is 2.32. The molecule has 1 saturated heterocycles. The second kappa shape index (κ2) is 11.6. The summed E-state index contributed by atoms with van der Waals surface area (Å²) >= 11 is 3.42. The van der Waals surface area contributed by atoms with Crippen LogP contribution in [0.2, 0.25) is 0 Å². The first-order valence-electron chi connectivity index (χ1n) is 8.81. The van der Waals surface area contributed by atoms with Gasteiger partial charge in [-0.3, -0.25) is 9.69 Å². The molecule has 0 spiro atoms. The Bertz CT molecular complexity index is 707. The average molecular weight is 458 g/mol. The number of esters is 1. The summed E-state index contributed by atoms with van der Waals surface area (Å²) in [7, 11) is 1.49. The van der Waals surface area contributed by atoms with Crippen molar-refractivity contribution in [3.8, 4) is 11.5 Å². The smallest absolute Gasteiger partial charge is 0.344 e. The van der Waals surface area contributed by atoms with Gasteiger partial charge in [0, 0.05) is 23.1 Å². The zero-order chi connectivity index (χ0) is 20.4. The standard InChI is InChI=1S/C18H24BrN3O6/c1-3-27-18(24)12-28-16-9-14(19)13(8-15(16)25-2)10-20-21-17(23)11-22-4-6-26-7-5-22/h8-10H,3-7,11-12H2,1-2H3,(H,21,23). The summed E-state index contributed by atoms with van der Waals surface area (Å²) in [5.41, 5.74) is 3.18. The largest absolute Gasteiger partial charge is 0.493 e. The lowest BCUT2D eigenvalue weighted by molar-refractivity contribution is -0.145. The molecule has 0 aromatic heterocycles. The number of amides is 1. The number of hydrogen-bond acceptors (Lipinski definition) is 8. The lowest BCUT2D eigenvalue weighted by atomic mass is 10.2. The summed E-state index contributed by atoms with van der Waals surface area (Å²) in [4.78, 5) is 25.4. The number of nitrogens with zero attached hydrogens (tertiary/aromatic N) is 2. The number of carbonyl (C=O) groups excluding carboxylic acids is 2.